The quantitative estimate of drug-likeness (QED) is 0.713. The zero-order valence-corrected chi connectivity index (χ0v) is 11.0. The SMILES string of the molecule is CCC(C)NCC(=O)N1CC(C)OC(CO)C1. The Kier molecular flexibility index (Phi) is 5.88. The average molecular weight is 244 g/mol. The molecule has 0 aromatic carbocycles. The van der Waals surface area contributed by atoms with Crippen LogP contribution >= 0.6 is 0 Å². The molecule has 0 aliphatic carbocycles. The predicted molar refractivity (Wildman–Crippen MR) is 65.8 cm³/mol. The number of ether oxygens (including phenoxy) is 1. The van der Waals surface area contributed by atoms with E-state index in [1.165, 1.54) is 0 Å². The Hall–Kier alpha value is -0.650. The number of aliphatic hydroxyl groups is 1. The van der Waals surface area contributed by atoms with Crippen molar-refractivity contribution >= 4 is 5.91 Å². The third kappa shape index (κ3) is 4.61. The Labute approximate surface area is 103 Å². The maximum atomic E-state index is 12.0. The van der Waals surface area contributed by atoms with Crippen LogP contribution in [0.2, 0.25) is 0 Å². The number of rotatable bonds is 5. The molecule has 1 fully saturated rings. The van der Waals surface area contributed by atoms with Crippen LogP contribution in [0.1, 0.15) is 27.2 Å². The van der Waals surface area contributed by atoms with Crippen LogP contribution in [0.5, 0.6) is 0 Å². The minimum absolute atomic E-state index is 0.00607. The Balaban J connectivity index is 2.39. The summed E-state index contributed by atoms with van der Waals surface area (Å²) in [6.07, 6.45) is 0.756. The molecule has 1 aliphatic heterocycles. The topological polar surface area (TPSA) is 61.8 Å². The van der Waals surface area contributed by atoms with Gasteiger partial charge in [0.05, 0.1) is 25.4 Å². The highest BCUT2D eigenvalue weighted by Crippen LogP contribution is 2.10. The van der Waals surface area contributed by atoms with Crippen LogP contribution in [-0.4, -0.2) is 60.4 Å². The zero-order valence-electron chi connectivity index (χ0n) is 11.0. The van der Waals surface area contributed by atoms with E-state index in [0.717, 1.165) is 6.42 Å². The van der Waals surface area contributed by atoms with Gasteiger partial charge in [-0.1, -0.05) is 6.92 Å². The summed E-state index contributed by atoms with van der Waals surface area (Å²) in [5.74, 6) is 0.0823. The summed E-state index contributed by atoms with van der Waals surface area (Å²) in [5, 5.41) is 12.3. The van der Waals surface area contributed by atoms with Gasteiger partial charge in [-0.15, -0.1) is 0 Å². The van der Waals surface area contributed by atoms with Gasteiger partial charge in [0.1, 0.15) is 0 Å². The van der Waals surface area contributed by atoms with E-state index in [1.807, 2.05) is 6.92 Å². The van der Waals surface area contributed by atoms with Crippen LogP contribution in [0, 0.1) is 0 Å². The van der Waals surface area contributed by atoms with Crippen molar-refractivity contribution in [3.05, 3.63) is 0 Å². The van der Waals surface area contributed by atoms with E-state index in [0.29, 0.717) is 25.7 Å². The molecule has 100 valence electrons. The van der Waals surface area contributed by atoms with Gasteiger partial charge in [-0.05, 0) is 20.3 Å². The van der Waals surface area contributed by atoms with Crippen LogP contribution in [0.15, 0.2) is 0 Å². The Morgan fingerprint density at radius 2 is 2.29 bits per heavy atom. The second-order valence-electron chi connectivity index (χ2n) is 4.74. The number of amides is 1. The molecule has 0 aromatic heterocycles. The van der Waals surface area contributed by atoms with E-state index < -0.39 is 0 Å². The molecule has 0 saturated carbocycles. The summed E-state index contributed by atoms with van der Waals surface area (Å²) in [6, 6.07) is 0.353. The second kappa shape index (κ2) is 6.93. The summed E-state index contributed by atoms with van der Waals surface area (Å²) < 4.78 is 5.50. The Morgan fingerprint density at radius 1 is 1.59 bits per heavy atom. The lowest BCUT2D eigenvalue weighted by atomic mass is 10.2. The first-order valence-electron chi connectivity index (χ1n) is 6.34. The van der Waals surface area contributed by atoms with Gasteiger partial charge in [-0.25, -0.2) is 0 Å². The van der Waals surface area contributed by atoms with Gasteiger partial charge in [-0.2, -0.15) is 0 Å². The smallest absolute Gasteiger partial charge is 0.236 e. The van der Waals surface area contributed by atoms with Gasteiger partial charge < -0.3 is 20.1 Å². The van der Waals surface area contributed by atoms with Gasteiger partial charge in [0.15, 0.2) is 0 Å². The van der Waals surface area contributed by atoms with E-state index in [9.17, 15) is 4.79 Å². The molecule has 3 atom stereocenters. The Bertz CT molecular complexity index is 248. The van der Waals surface area contributed by atoms with Crippen LogP contribution in [0.3, 0.4) is 0 Å². The molecule has 0 radical (unpaired) electrons. The van der Waals surface area contributed by atoms with Gasteiger partial charge in [0.25, 0.3) is 0 Å². The van der Waals surface area contributed by atoms with E-state index in [2.05, 4.69) is 19.2 Å². The fraction of sp³-hybridized carbons (Fsp3) is 0.917. The lowest BCUT2D eigenvalue weighted by Gasteiger charge is -2.36. The van der Waals surface area contributed by atoms with Gasteiger partial charge in [-0.3, -0.25) is 4.79 Å². The highest BCUT2D eigenvalue weighted by Gasteiger charge is 2.27. The molecule has 2 N–H and O–H groups in total. The molecule has 1 aliphatic rings. The van der Waals surface area contributed by atoms with Crippen molar-refractivity contribution in [1.82, 2.24) is 10.2 Å². The first kappa shape index (κ1) is 14.4. The van der Waals surface area contributed by atoms with Crippen molar-refractivity contribution in [2.24, 2.45) is 0 Å². The molecular formula is C12H24N2O3. The van der Waals surface area contributed by atoms with E-state index >= 15 is 0 Å². The number of hydrogen-bond donors (Lipinski definition) is 2. The molecule has 0 bridgehead atoms. The fourth-order valence-electron chi connectivity index (χ4n) is 1.87. The predicted octanol–water partition coefficient (Wildman–Crippen LogP) is -0.0173. The van der Waals surface area contributed by atoms with Gasteiger partial charge in [0.2, 0.25) is 5.91 Å². The second-order valence-corrected chi connectivity index (χ2v) is 4.74. The van der Waals surface area contributed by atoms with Crippen LogP contribution in [0.4, 0.5) is 0 Å². The lowest BCUT2D eigenvalue weighted by molar-refractivity contribution is -0.146. The van der Waals surface area contributed by atoms with Gasteiger partial charge in [0, 0.05) is 19.1 Å². The minimum atomic E-state index is -0.244. The van der Waals surface area contributed by atoms with Crippen molar-refractivity contribution in [1.29, 1.82) is 0 Å². The van der Waals surface area contributed by atoms with E-state index in [1.54, 1.807) is 4.90 Å². The first-order chi connectivity index (χ1) is 8.06. The van der Waals surface area contributed by atoms with Crippen LogP contribution in [0.25, 0.3) is 0 Å². The summed E-state index contributed by atoms with van der Waals surface area (Å²) in [6.45, 7) is 7.49. The zero-order chi connectivity index (χ0) is 12.8. The number of aliphatic hydroxyl groups excluding tert-OH is 1. The van der Waals surface area contributed by atoms with Crippen molar-refractivity contribution in [3.63, 3.8) is 0 Å². The third-order valence-electron chi connectivity index (χ3n) is 3.10. The molecule has 1 amide bonds. The summed E-state index contributed by atoms with van der Waals surface area (Å²) in [5.41, 5.74) is 0. The van der Waals surface area contributed by atoms with Crippen molar-refractivity contribution in [2.75, 3.05) is 26.2 Å². The minimum Gasteiger partial charge on any atom is -0.394 e. The van der Waals surface area contributed by atoms with E-state index in [-0.39, 0.29) is 24.7 Å². The molecule has 1 heterocycles. The molecule has 1 rings (SSSR count). The van der Waals surface area contributed by atoms with Crippen molar-refractivity contribution < 1.29 is 14.6 Å². The maximum Gasteiger partial charge on any atom is 0.236 e. The largest absolute Gasteiger partial charge is 0.394 e. The number of carbonyl (C=O) groups excluding carboxylic acids is 1. The number of morpholine rings is 1. The normalized spacial score (nSPS) is 26.9. The van der Waals surface area contributed by atoms with Gasteiger partial charge >= 0.3 is 0 Å². The Morgan fingerprint density at radius 3 is 2.88 bits per heavy atom. The molecule has 0 spiro atoms. The summed E-state index contributed by atoms with van der Waals surface area (Å²) >= 11 is 0. The molecule has 0 aromatic rings. The third-order valence-corrected chi connectivity index (χ3v) is 3.10. The maximum absolute atomic E-state index is 12.0. The van der Waals surface area contributed by atoms with Crippen LogP contribution < -0.4 is 5.32 Å². The number of carbonyl (C=O) groups is 1. The summed E-state index contributed by atoms with van der Waals surface area (Å²) in [4.78, 5) is 13.7. The summed E-state index contributed by atoms with van der Waals surface area (Å²) in [7, 11) is 0. The van der Waals surface area contributed by atoms with E-state index in [4.69, 9.17) is 9.84 Å². The highest BCUT2D eigenvalue weighted by molar-refractivity contribution is 5.78. The molecule has 17 heavy (non-hydrogen) atoms. The monoisotopic (exact) mass is 244 g/mol. The first-order valence-corrected chi connectivity index (χ1v) is 6.34. The van der Waals surface area contributed by atoms with Crippen LogP contribution in [-0.2, 0) is 9.53 Å². The molecular weight excluding hydrogens is 220 g/mol. The molecule has 5 heteroatoms. The fourth-order valence-corrected chi connectivity index (χ4v) is 1.87. The molecule has 3 unspecified atom stereocenters. The number of nitrogens with one attached hydrogen (secondary N) is 1. The van der Waals surface area contributed by atoms with Crippen molar-refractivity contribution in [2.45, 2.75) is 45.4 Å². The van der Waals surface area contributed by atoms with Crippen molar-refractivity contribution in [3.8, 4) is 0 Å². The molecule has 5 nitrogen and oxygen atoms in total. The number of nitrogens with zero attached hydrogens (tertiary/aromatic N) is 1. The number of hydrogen-bond acceptors (Lipinski definition) is 4. The average Bonchev–Trinajstić information content (AvgIpc) is 2.34. The molecule has 1 saturated heterocycles. The lowest BCUT2D eigenvalue weighted by Crippen LogP contribution is -2.52. The standard InChI is InChI=1S/C12H24N2O3/c1-4-9(2)13-5-12(16)14-6-10(3)17-11(7-14)8-15/h9-11,13,15H,4-8H2,1-3H3. The highest BCUT2D eigenvalue weighted by atomic mass is 16.5.